The molecule has 0 saturated heterocycles. The van der Waals surface area contributed by atoms with Crippen molar-refractivity contribution in [2.75, 3.05) is 13.2 Å². The summed E-state index contributed by atoms with van der Waals surface area (Å²) in [5, 5.41) is 1.03. The van der Waals surface area contributed by atoms with Crippen LogP contribution in [0.2, 0.25) is 10.0 Å². The molecule has 0 radical (unpaired) electrons. The number of ketones is 1. The van der Waals surface area contributed by atoms with E-state index in [1.165, 1.54) is 0 Å². The number of ether oxygens (including phenoxy) is 2. The molecule has 0 amide bonds. The third-order valence-corrected chi connectivity index (χ3v) is 4.25. The van der Waals surface area contributed by atoms with Crippen LogP contribution < -0.4 is 4.74 Å². The van der Waals surface area contributed by atoms with Gasteiger partial charge in [0.1, 0.15) is 5.75 Å². The highest BCUT2D eigenvalue weighted by Gasteiger charge is 2.10. The van der Waals surface area contributed by atoms with E-state index in [9.17, 15) is 9.59 Å². The van der Waals surface area contributed by atoms with Gasteiger partial charge in [0.05, 0.1) is 11.6 Å². The van der Waals surface area contributed by atoms with Gasteiger partial charge in [0.15, 0.2) is 12.4 Å². The summed E-state index contributed by atoms with van der Waals surface area (Å²) >= 11 is 15.1. The molecule has 0 aromatic heterocycles. The maximum Gasteiger partial charge on any atom is 0.306 e. The SMILES string of the molecule is O=C(CCCOc1ccc(Br)cc1Cl)OCC(=O)c1ccc(Cl)cc1. The Balaban J connectivity index is 1.67. The van der Waals surface area contributed by atoms with Gasteiger partial charge in [-0.15, -0.1) is 0 Å². The molecule has 0 aliphatic heterocycles. The molecule has 4 nitrogen and oxygen atoms in total. The van der Waals surface area contributed by atoms with E-state index >= 15 is 0 Å². The normalized spacial score (nSPS) is 10.4. The number of hydrogen-bond acceptors (Lipinski definition) is 4. The zero-order chi connectivity index (χ0) is 18.2. The Kier molecular flexibility index (Phi) is 7.75. The van der Waals surface area contributed by atoms with Crippen LogP contribution in [0.25, 0.3) is 0 Å². The van der Waals surface area contributed by atoms with Crippen LogP contribution in [0.15, 0.2) is 46.9 Å². The average molecular weight is 446 g/mol. The number of carbonyl (C=O) groups excluding carboxylic acids is 2. The van der Waals surface area contributed by atoms with E-state index in [-0.39, 0.29) is 18.8 Å². The summed E-state index contributed by atoms with van der Waals surface area (Å²) < 4.78 is 11.3. The number of hydrogen-bond donors (Lipinski definition) is 0. The predicted molar refractivity (Wildman–Crippen MR) is 101 cm³/mol. The van der Waals surface area contributed by atoms with Crippen LogP contribution in [0.1, 0.15) is 23.2 Å². The Bertz CT molecular complexity index is 747. The first kappa shape index (κ1) is 19.8. The number of Topliss-reactive ketones (excluding diaryl/α,β-unsaturated/α-hetero) is 1. The van der Waals surface area contributed by atoms with Crippen LogP contribution in [-0.2, 0) is 9.53 Å². The van der Waals surface area contributed by atoms with Crippen molar-refractivity contribution in [3.63, 3.8) is 0 Å². The minimum atomic E-state index is -0.451. The molecule has 0 spiro atoms. The summed E-state index contributed by atoms with van der Waals surface area (Å²) in [5.41, 5.74) is 0.449. The number of halogens is 3. The smallest absolute Gasteiger partial charge is 0.306 e. The molecule has 7 heteroatoms. The molecule has 0 N–H and O–H groups in total. The Morgan fingerprint density at radius 1 is 1.04 bits per heavy atom. The van der Waals surface area contributed by atoms with E-state index in [2.05, 4.69) is 15.9 Å². The van der Waals surface area contributed by atoms with Gasteiger partial charge >= 0.3 is 5.97 Å². The van der Waals surface area contributed by atoms with Gasteiger partial charge in [-0.05, 0) is 48.9 Å². The van der Waals surface area contributed by atoms with Crippen LogP contribution in [0, 0.1) is 0 Å². The van der Waals surface area contributed by atoms with Crippen molar-refractivity contribution >= 4 is 50.9 Å². The summed E-state index contributed by atoms with van der Waals surface area (Å²) in [6, 6.07) is 11.7. The molecule has 25 heavy (non-hydrogen) atoms. The standard InChI is InChI=1S/C18H15BrCl2O4/c19-13-5-8-17(15(21)10-13)24-9-1-2-18(23)25-11-16(22)12-3-6-14(20)7-4-12/h3-8,10H,1-2,9,11H2. The number of esters is 1. The quantitative estimate of drug-likeness (QED) is 0.312. The maximum atomic E-state index is 11.9. The lowest BCUT2D eigenvalue weighted by Crippen LogP contribution is -2.14. The molecule has 0 unspecified atom stereocenters. The van der Waals surface area contributed by atoms with Gasteiger partial charge in [-0.2, -0.15) is 0 Å². The van der Waals surface area contributed by atoms with E-state index in [0.29, 0.717) is 34.4 Å². The maximum absolute atomic E-state index is 11.9. The second kappa shape index (κ2) is 9.80. The third kappa shape index (κ3) is 6.69. The predicted octanol–water partition coefficient (Wildman–Crippen LogP) is 5.34. The molecular weight excluding hydrogens is 431 g/mol. The van der Waals surface area contributed by atoms with Crippen molar-refractivity contribution in [1.82, 2.24) is 0 Å². The highest BCUT2D eigenvalue weighted by atomic mass is 79.9. The van der Waals surface area contributed by atoms with E-state index in [4.69, 9.17) is 32.7 Å². The molecule has 0 saturated carbocycles. The Morgan fingerprint density at radius 3 is 2.44 bits per heavy atom. The molecule has 0 atom stereocenters. The molecule has 0 bridgehead atoms. The Hall–Kier alpha value is -1.56. The zero-order valence-corrected chi connectivity index (χ0v) is 16.2. The van der Waals surface area contributed by atoms with Crippen molar-refractivity contribution in [2.45, 2.75) is 12.8 Å². The van der Waals surface area contributed by atoms with Crippen molar-refractivity contribution < 1.29 is 19.1 Å². The van der Waals surface area contributed by atoms with Gasteiger partial charge in [-0.25, -0.2) is 0 Å². The van der Waals surface area contributed by atoms with Crippen LogP contribution in [0.4, 0.5) is 0 Å². The first-order valence-electron chi connectivity index (χ1n) is 7.48. The van der Waals surface area contributed by atoms with E-state index in [1.54, 1.807) is 36.4 Å². The van der Waals surface area contributed by atoms with Gasteiger partial charge < -0.3 is 9.47 Å². The van der Waals surface area contributed by atoms with Crippen LogP contribution in [0.3, 0.4) is 0 Å². The summed E-state index contributed by atoms with van der Waals surface area (Å²) in [5.74, 6) is -0.174. The van der Waals surface area contributed by atoms with Gasteiger partial charge in [-0.1, -0.05) is 39.1 Å². The van der Waals surface area contributed by atoms with Gasteiger partial charge in [0.25, 0.3) is 0 Å². The van der Waals surface area contributed by atoms with Crippen molar-refractivity contribution in [2.24, 2.45) is 0 Å². The summed E-state index contributed by atoms with van der Waals surface area (Å²) in [6.45, 7) is 0.0292. The van der Waals surface area contributed by atoms with Crippen LogP contribution in [-0.4, -0.2) is 25.0 Å². The minimum Gasteiger partial charge on any atom is -0.492 e. The van der Waals surface area contributed by atoms with Crippen molar-refractivity contribution in [3.05, 3.63) is 62.5 Å². The monoisotopic (exact) mass is 444 g/mol. The van der Waals surface area contributed by atoms with Gasteiger partial charge in [0, 0.05) is 21.5 Å². The second-order valence-electron chi connectivity index (χ2n) is 5.12. The lowest BCUT2D eigenvalue weighted by atomic mass is 10.1. The highest BCUT2D eigenvalue weighted by molar-refractivity contribution is 9.10. The molecule has 0 aliphatic carbocycles. The summed E-state index contributed by atoms with van der Waals surface area (Å²) in [7, 11) is 0. The first-order chi connectivity index (χ1) is 12.0. The second-order valence-corrected chi connectivity index (χ2v) is 6.88. The van der Waals surface area contributed by atoms with Gasteiger partial charge in [-0.3, -0.25) is 9.59 Å². The molecule has 0 aliphatic rings. The average Bonchev–Trinajstić information content (AvgIpc) is 2.58. The fourth-order valence-electron chi connectivity index (χ4n) is 1.93. The van der Waals surface area contributed by atoms with Gasteiger partial charge in [0.2, 0.25) is 0 Å². The Morgan fingerprint density at radius 2 is 1.76 bits per heavy atom. The first-order valence-corrected chi connectivity index (χ1v) is 9.03. The van der Waals surface area contributed by atoms with E-state index in [0.717, 1.165) is 4.47 Å². The molecule has 0 fully saturated rings. The fraction of sp³-hybridized carbons (Fsp3) is 0.222. The van der Waals surface area contributed by atoms with Crippen molar-refractivity contribution in [3.8, 4) is 5.75 Å². The van der Waals surface area contributed by atoms with E-state index in [1.807, 2.05) is 6.07 Å². The van der Waals surface area contributed by atoms with E-state index < -0.39 is 5.97 Å². The summed E-state index contributed by atoms with van der Waals surface area (Å²) in [4.78, 5) is 23.5. The molecule has 132 valence electrons. The molecular formula is C18H15BrCl2O4. The third-order valence-electron chi connectivity index (χ3n) is 3.21. The fourth-order valence-corrected chi connectivity index (χ4v) is 2.78. The number of benzene rings is 2. The summed E-state index contributed by atoms with van der Waals surface area (Å²) in [6.07, 6.45) is 0.613. The van der Waals surface area contributed by atoms with Crippen molar-refractivity contribution in [1.29, 1.82) is 0 Å². The minimum absolute atomic E-state index is 0.155. The lowest BCUT2D eigenvalue weighted by Gasteiger charge is -2.08. The van der Waals surface area contributed by atoms with Crippen LogP contribution >= 0.6 is 39.1 Å². The molecule has 2 aromatic rings. The number of carbonyl (C=O) groups is 2. The molecule has 2 rings (SSSR count). The largest absolute Gasteiger partial charge is 0.492 e. The highest BCUT2D eigenvalue weighted by Crippen LogP contribution is 2.27. The molecule has 0 heterocycles. The molecule has 2 aromatic carbocycles. The Labute approximate surface area is 164 Å². The zero-order valence-electron chi connectivity index (χ0n) is 13.1. The number of rotatable bonds is 8. The topological polar surface area (TPSA) is 52.6 Å². The van der Waals surface area contributed by atoms with Crippen LogP contribution in [0.5, 0.6) is 5.75 Å². The lowest BCUT2D eigenvalue weighted by molar-refractivity contribution is -0.142.